The summed E-state index contributed by atoms with van der Waals surface area (Å²) < 4.78 is 21.6. The molecule has 0 aromatic heterocycles. The highest BCUT2D eigenvalue weighted by Gasteiger charge is 2.63. The Labute approximate surface area is 135 Å². The second-order valence-corrected chi connectivity index (χ2v) is 6.86. The van der Waals surface area contributed by atoms with Crippen LogP contribution in [-0.2, 0) is 28.5 Å². The number of carbonyl (C=O) groups excluding carboxylic acids is 2. The molecule has 2 aliphatic carbocycles. The highest BCUT2D eigenvalue weighted by atomic mass is 16.6. The molecule has 2 heterocycles. The molecule has 2 saturated carbocycles. The number of rotatable bonds is 6. The van der Waals surface area contributed by atoms with Crippen LogP contribution in [0.1, 0.15) is 12.8 Å². The maximum atomic E-state index is 12.0. The number of hydrogen-bond acceptors (Lipinski definition) is 7. The molecule has 4 rings (SSSR count). The fourth-order valence-corrected chi connectivity index (χ4v) is 4.42. The second-order valence-electron chi connectivity index (χ2n) is 6.86. The third kappa shape index (κ3) is 2.97. The zero-order chi connectivity index (χ0) is 15.8. The Morgan fingerprint density at radius 1 is 1.26 bits per heavy atom. The van der Waals surface area contributed by atoms with Crippen molar-refractivity contribution < 1.29 is 28.5 Å². The largest absolute Gasteiger partial charge is 0.458 e. The van der Waals surface area contributed by atoms with Gasteiger partial charge >= 0.3 is 11.9 Å². The van der Waals surface area contributed by atoms with Gasteiger partial charge in [-0.15, -0.1) is 0 Å². The third-order valence-electron chi connectivity index (χ3n) is 5.56. The van der Waals surface area contributed by atoms with E-state index in [1.54, 1.807) is 0 Å². The van der Waals surface area contributed by atoms with Crippen LogP contribution in [0, 0.1) is 17.8 Å². The summed E-state index contributed by atoms with van der Waals surface area (Å²) in [6, 6.07) is 0. The van der Waals surface area contributed by atoms with Crippen molar-refractivity contribution in [2.24, 2.45) is 17.8 Å². The van der Waals surface area contributed by atoms with Crippen molar-refractivity contribution in [3.05, 3.63) is 0 Å². The predicted octanol–water partition coefficient (Wildman–Crippen LogP) is -0.172. The number of fused-ring (bicyclic) bond motifs is 1. The van der Waals surface area contributed by atoms with Crippen LogP contribution in [0.5, 0.6) is 0 Å². The van der Waals surface area contributed by atoms with Crippen LogP contribution >= 0.6 is 0 Å². The Balaban J connectivity index is 1.17. The molecular weight excluding hydrogens is 302 g/mol. The van der Waals surface area contributed by atoms with Crippen molar-refractivity contribution in [1.82, 2.24) is 4.90 Å². The van der Waals surface area contributed by atoms with Crippen molar-refractivity contribution in [3.8, 4) is 0 Å². The van der Waals surface area contributed by atoms with Gasteiger partial charge < -0.3 is 18.9 Å². The molecule has 2 saturated heterocycles. The van der Waals surface area contributed by atoms with Crippen LogP contribution < -0.4 is 0 Å². The number of morpholine rings is 1. The molecule has 23 heavy (non-hydrogen) atoms. The van der Waals surface area contributed by atoms with E-state index in [9.17, 15) is 9.59 Å². The zero-order valence-electron chi connectivity index (χ0n) is 13.1. The fourth-order valence-electron chi connectivity index (χ4n) is 4.42. The number of hydrogen-bond donors (Lipinski definition) is 0. The molecule has 0 radical (unpaired) electrons. The summed E-state index contributed by atoms with van der Waals surface area (Å²) in [5.74, 6) is 0.114. The standard InChI is InChI=1S/C16H23NO6/c18-13(9-21-6-3-17-1-4-20-5-2-17)22-14-10-7-11-12(8-10)16(19)23-15(11)14/h10-12,14-15H,1-9H2. The van der Waals surface area contributed by atoms with E-state index in [1.807, 2.05) is 0 Å². The number of esters is 2. The fraction of sp³-hybridized carbons (Fsp3) is 0.875. The van der Waals surface area contributed by atoms with Gasteiger partial charge in [0.05, 0.1) is 25.7 Å². The van der Waals surface area contributed by atoms with E-state index >= 15 is 0 Å². The Morgan fingerprint density at radius 3 is 2.91 bits per heavy atom. The smallest absolute Gasteiger partial charge is 0.332 e. The Morgan fingerprint density at radius 2 is 2.09 bits per heavy atom. The van der Waals surface area contributed by atoms with Crippen LogP contribution in [0.3, 0.4) is 0 Å². The molecule has 0 spiro atoms. The maximum Gasteiger partial charge on any atom is 0.332 e. The highest BCUT2D eigenvalue weighted by molar-refractivity contribution is 5.77. The summed E-state index contributed by atoms with van der Waals surface area (Å²) in [7, 11) is 0. The molecule has 4 aliphatic rings. The second kappa shape index (κ2) is 6.37. The van der Waals surface area contributed by atoms with Gasteiger partial charge in [0.25, 0.3) is 0 Å². The Hall–Kier alpha value is -1.18. The SMILES string of the molecule is O=C(COCCN1CCOCC1)OC1C2CC3C(=O)OC1C3C2. The third-order valence-corrected chi connectivity index (χ3v) is 5.56. The molecule has 4 fully saturated rings. The highest BCUT2D eigenvalue weighted by Crippen LogP contribution is 2.55. The van der Waals surface area contributed by atoms with Gasteiger partial charge in [-0.2, -0.15) is 0 Å². The van der Waals surface area contributed by atoms with Crippen molar-refractivity contribution in [1.29, 1.82) is 0 Å². The van der Waals surface area contributed by atoms with Gasteiger partial charge in [0.2, 0.25) is 0 Å². The van der Waals surface area contributed by atoms with Crippen molar-refractivity contribution >= 4 is 11.9 Å². The van der Waals surface area contributed by atoms with Gasteiger partial charge in [0.15, 0.2) is 0 Å². The first-order valence-corrected chi connectivity index (χ1v) is 8.50. The molecule has 0 amide bonds. The van der Waals surface area contributed by atoms with Gasteiger partial charge in [0, 0.05) is 31.5 Å². The molecule has 0 aromatic rings. The Bertz CT molecular complexity index is 477. The monoisotopic (exact) mass is 325 g/mol. The molecule has 7 nitrogen and oxygen atoms in total. The summed E-state index contributed by atoms with van der Waals surface area (Å²) in [6.45, 7) is 4.60. The van der Waals surface area contributed by atoms with Gasteiger partial charge in [-0.25, -0.2) is 4.79 Å². The van der Waals surface area contributed by atoms with Crippen LogP contribution in [0.4, 0.5) is 0 Å². The normalized spacial score (nSPS) is 38.8. The first-order valence-electron chi connectivity index (χ1n) is 8.50. The zero-order valence-corrected chi connectivity index (χ0v) is 13.1. The Kier molecular flexibility index (Phi) is 4.26. The molecule has 2 bridgehead atoms. The average molecular weight is 325 g/mol. The summed E-state index contributed by atoms with van der Waals surface area (Å²) in [5, 5.41) is 0. The summed E-state index contributed by atoms with van der Waals surface area (Å²) in [6.07, 6.45) is 1.26. The van der Waals surface area contributed by atoms with Crippen LogP contribution in [0.15, 0.2) is 0 Å². The van der Waals surface area contributed by atoms with E-state index in [-0.39, 0.29) is 48.5 Å². The number of ether oxygens (including phenoxy) is 4. The van der Waals surface area contributed by atoms with E-state index in [1.165, 1.54) is 0 Å². The average Bonchev–Trinajstić information content (AvgIpc) is 3.18. The number of carbonyl (C=O) groups is 2. The van der Waals surface area contributed by atoms with Crippen LogP contribution in [-0.4, -0.2) is 75.1 Å². The van der Waals surface area contributed by atoms with Crippen LogP contribution in [0.25, 0.3) is 0 Å². The van der Waals surface area contributed by atoms with Crippen LogP contribution in [0.2, 0.25) is 0 Å². The van der Waals surface area contributed by atoms with Gasteiger partial charge in [-0.3, -0.25) is 9.69 Å². The minimum absolute atomic E-state index is 0.0394. The first-order chi connectivity index (χ1) is 11.2. The summed E-state index contributed by atoms with van der Waals surface area (Å²) in [4.78, 5) is 25.9. The topological polar surface area (TPSA) is 74.3 Å². The molecule has 0 aromatic carbocycles. The molecule has 0 N–H and O–H groups in total. The van der Waals surface area contributed by atoms with E-state index < -0.39 is 0 Å². The lowest BCUT2D eigenvalue weighted by molar-refractivity contribution is -0.166. The minimum atomic E-state index is -0.357. The van der Waals surface area contributed by atoms with Gasteiger partial charge in [-0.1, -0.05) is 0 Å². The molecule has 5 atom stereocenters. The van der Waals surface area contributed by atoms with Gasteiger partial charge in [0.1, 0.15) is 18.8 Å². The van der Waals surface area contributed by atoms with Crippen molar-refractivity contribution in [2.45, 2.75) is 25.0 Å². The number of nitrogens with zero attached hydrogens (tertiary/aromatic N) is 1. The predicted molar refractivity (Wildman–Crippen MR) is 77.5 cm³/mol. The van der Waals surface area contributed by atoms with Crippen molar-refractivity contribution in [2.75, 3.05) is 46.1 Å². The lowest BCUT2D eigenvalue weighted by atomic mass is 9.88. The summed E-state index contributed by atoms with van der Waals surface area (Å²) in [5.41, 5.74) is 0. The first kappa shape index (κ1) is 15.4. The maximum absolute atomic E-state index is 12.0. The quantitative estimate of drug-likeness (QED) is 0.496. The molecule has 5 unspecified atom stereocenters. The molecule has 128 valence electrons. The van der Waals surface area contributed by atoms with Crippen molar-refractivity contribution in [3.63, 3.8) is 0 Å². The minimum Gasteiger partial charge on any atom is -0.458 e. The van der Waals surface area contributed by atoms with E-state index in [4.69, 9.17) is 18.9 Å². The lowest BCUT2D eigenvalue weighted by Gasteiger charge is -2.26. The molecular formula is C16H23NO6. The van der Waals surface area contributed by atoms with E-state index in [0.29, 0.717) is 6.61 Å². The summed E-state index contributed by atoms with van der Waals surface area (Å²) >= 11 is 0. The molecule has 2 aliphatic heterocycles. The lowest BCUT2D eigenvalue weighted by Crippen LogP contribution is -2.39. The van der Waals surface area contributed by atoms with E-state index in [2.05, 4.69) is 4.90 Å². The molecule has 7 heteroatoms. The van der Waals surface area contributed by atoms with E-state index in [0.717, 1.165) is 45.7 Å². The van der Waals surface area contributed by atoms with Gasteiger partial charge in [-0.05, 0) is 12.8 Å².